The zero-order valence-corrected chi connectivity index (χ0v) is 25.9. The molecule has 0 aromatic carbocycles. The first-order valence-corrected chi connectivity index (χ1v) is 16.5. The SMILES string of the molecule is CCCCCCCC/C=C\CCCCCCCCNC=CCCCCCCCCCC.O=C(O)CCC(=O)O. The van der Waals surface area contributed by atoms with E-state index < -0.39 is 11.9 Å². The second-order valence-corrected chi connectivity index (χ2v) is 10.8. The minimum atomic E-state index is -1.08. The monoisotopic (exact) mass is 551 g/mol. The molecule has 0 saturated carbocycles. The zero-order chi connectivity index (χ0) is 29.1. The van der Waals surface area contributed by atoms with Crippen molar-refractivity contribution in [3.05, 3.63) is 24.4 Å². The molecule has 5 nitrogen and oxygen atoms in total. The number of unbranched alkanes of at least 4 members (excludes halogenated alkanes) is 20. The first kappa shape index (κ1) is 39.4. The highest BCUT2D eigenvalue weighted by atomic mass is 16.4. The van der Waals surface area contributed by atoms with Crippen molar-refractivity contribution < 1.29 is 19.8 Å². The van der Waals surface area contributed by atoms with Gasteiger partial charge in [-0.05, 0) is 51.1 Å². The molecule has 0 amide bonds. The Hall–Kier alpha value is -1.78. The van der Waals surface area contributed by atoms with Crippen molar-refractivity contribution in [3.63, 3.8) is 0 Å². The number of carboxylic acid groups (broad SMARTS) is 2. The number of aliphatic carboxylic acids is 2. The summed E-state index contributed by atoms with van der Waals surface area (Å²) in [5.41, 5.74) is 0. The quantitative estimate of drug-likeness (QED) is 0.0635. The predicted molar refractivity (Wildman–Crippen MR) is 168 cm³/mol. The van der Waals surface area contributed by atoms with Crippen LogP contribution < -0.4 is 5.32 Å². The third-order valence-electron chi connectivity index (χ3n) is 6.85. The van der Waals surface area contributed by atoms with Gasteiger partial charge in [0.05, 0.1) is 12.8 Å². The van der Waals surface area contributed by atoms with Crippen molar-refractivity contribution in [1.82, 2.24) is 5.32 Å². The van der Waals surface area contributed by atoms with Crippen molar-refractivity contribution in [2.75, 3.05) is 6.54 Å². The first-order valence-electron chi connectivity index (χ1n) is 16.5. The second-order valence-electron chi connectivity index (χ2n) is 10.8. The van der Waals surface area contributed by atoms with E-state index in [1.807, 2.05) is 0 Å². The van der Waals surface area contributed by atoms with E-state index in [1.165, 1.54) is 148 Å². The maximum absolute atomic E-state index is 9.64. The van der Waals surface area contributed by atoms with Gasteiger partial charge < -0.3 is 15.5 Å². The molecule has 0 atom stereocenters. The van der Waals surface area contributed by atoms with E-state index in [9.17, 15) is 9.59 Å². The summed E-state index contributed by atoms with van der Waals surface area (Å²) in [6.07, 6.45) is 40.7. The van der Waals surface area contributed by atoms with Gasteiger partial charge in [-0.15, -0.1) is 0 Å². The minimum absolute atomic E-state index is 0.296. The van der Waals surface area contributed by atoms with Crippen LogP contribution in [0.4, 0.5) is 0 Å². The van der Waals surface area contributed by atoms with Crippen LogP contribution in [0, 0.1) is 0 Å². The highest BCUT2D eigenvalue weighted by Crippen LogP contribution is 2.11. The van der Waals surface area contributed by atoms with Crippen molar-refractivity contribution in [3.8, 4) is 0 Å². The van der Waals surface area contributed by atoms with Crippen molar-refractivity contribution in [2.24, 2.45) is 0 Å². The molecule has 3 N–H and O–H groups in total. The average Bonchev–Trinajstić information content (AvgIpc) is 2.92. The normalized spacial score (nSPS) is 11.1. The predicted octanol–water partition coefficient (Wildman–Crippen LogP) is 10.6. The van der Waals surface area contributed by atoms with E-state index in [0.717, 1.165) is 6.54 Å². The molecule has 0 fully saturated rings. The van der Waals surface area contributed by atoms with Gasteiger partial charge in [0.25, 0.3) is 0 Å². The fourth-order valence-electron chi connectivity index (χ4n) is 4.33. The fourth-order valence-corrected chi connectivity index (χ4v) is 4.33. The van der Waals surface area contributed by atoms with E-state index in [-0.39, 0.29) is 12.8 Å². The van der Waals surface area contributed by atoms with Gasteiger partial charge in [0.15, 0.2) is 0 Å². The molecule has 0 radical (unpaired) electrons. The number of rotatable bonds is 29. The second kappa shape index (κ2) is 36.2. The zero-order valence-electron chi connectivity index (χ0n) is 25.9. The first-order chi connectivity index (χ1) is 19.0. The molecule has 5 heteroatoms. The molecular weight excluding hydrogens is 486 g/mol. The molecule has 230 valence electrons. The van der Waals surface area contributed by atoms with Gasteiger partial charge in [0.1, 0.15) is 0 Å². The molecule has 0 aliphatic rings. The molecule has 0 aliphatic heterocycles. The largest absolute Gasteiger partial charge is 0.481 e. The number of carboxylic acids is 2. The lowest BCUT2D eigenvalue weighted by Crippen LogP contribution is -2.06. The van der Waals surface area contributed by atoms with Crippen molar-refractivity contribution in [1.29, 1.82) is 0 Å². The van der Waals surface area contributed by atoms with E-state index in [0.29, 0.717) is 0 Å². The Morgan fingerprint density at radius 2 is 0.821 bits per heavy atom. The van der Waals surface area contributed by atoms with E-state index >= 15 is 0 Å². The average molecular weight is 552 g/mol. The summed E-state index contributed by atoms with van der Waals surface area (Å²) < 4.78 is 0. The third-order valence-corrected chi connectivity index (χ3v) is 6.85. The Kier molecular flexibility index (Phi) is 36.6. The molecule has 39 heavy (non-hydrogen) atoms. The van der Waals surface area contributed by atoms with Crippen LogP contribution in [-0.4, -0.2) is 28.7 Å². The summed E-state index contributed by atoms with van der Waals surface area (Å²) >= 11 is 0. The summed E-state index contributed by atoms with van der Waals surface area (Å²) in [5.74, 6) is -2.15. The number of hydrogen-bond acceptors (Lipinski definition) is 3. The van der Waals surface area contributed by atoms with Gasteiger partial charge in [-0.25, -0.2) is 0 Å². The van der Waals surface area contributed by atoms with Gasteiger partial charge >= 0.3 is 11.9 Å². The Balaban J connectivity index is 0. The van der Waals surface area contributed by atoms with E-state index in [2.05, 4.69) is 43.6 Å². The van der Waals surface area contributed by atoms with Crippen LogP contribution in [0.3, 0.4) is 0 Å². The standard InChI is InChI=1S/C30H59N.C4H6O4/c1-3-5-7-9-11-13-15-16-17-18-19-20-22-24-26-28-30-31-29-27-25-23-21-14-12-10-8-6-4-2;5-3(6)1-2-4(7)8/h16-17,27,29,31H,3-15,18-26,28,30H2,1-2H3;1-2H2,(H,5,6)(H,7,8)/b17-16-,29-27?;. The Morgan fingerprint density at radius 1 is 0.487 bits per heavy atom. The van der Waals surface area contributed by atoms with Gasteiger partial charge in [-0.2, -0.15) is 0 Å². The maximum Gasteiger partial charge on any atom is 0.303 e. The van der Waals surface area contributed by atoms with Crippen LogP contribution in [0.5, 0.6) is 0 Å². The summed E-state index contributed by atoms with van der Waals surface area (Å²) in [5, 5.41) is 19.3. The van der Waals surface area contributed by atoms with E-state index in [4.69, 9.17) is 10.2 Å². The number of nitrogens with one attached hydrogen (secondary N) is 1. The summed E-state index contributed by atoms with van der Waals surface area (Å²) in [6, 6.07) is 0. The smallest absolute Gasteiger partial charge is 0.303 e. The molecule has 0 aromatic heterocycles. The van der Waals surface area contributed by atoms with Crippen LogP contribution in [0.25, 0.3) is 0 Å². The summed E-state index contributed by atoms with van der Waals surface area (Å²) in [6.45, 7) is 5.73. The molecule has 0 saturated heterocycles. The Bertz CT molecular complexity index is 545. The lowest BCUT2D eigenvalue weighted by molar-refractivity contribution is -0.143. The van der Waals surface area contributed by atoms with Crippen molar-refractivity contribution in [2.45, 2.75) is 174 Å². The molecule has 0 unspecified atom stereocenters. The highest BCUT2D eigenvalue weighted by molar-refractivity contribution is 5.75. The third kappa shape index (κ3) is 43.5. The Morgan fingerprint density at radius 3 is 1.21 bits per heavy atom. The molecule has 0 spiro atoms. The van der Waals surface area contributed by atoms with Crippen LogP contribution >= 0.6 is 0 Å². The van der Waals surface area contributed by atoms with Gasteiger partial charge in [-0.1, -0.05) is 135 Å². The highest BCUT2D eigenvalue weighted by Gasteiger charge is 2.00. The van der Waals surface area contributed by atoms with Crippen LogP contribution in [-0.2, 0) is 9.59 Å². The summed E-state index contributed by atoms with van der Waals surface area (Å²) in [7, 11) is 0. The molecule has 0 aliphatic carbocycles. The molecule has 0 heterocycles. The molecular formula is C34H65NO4. The minimum Gasteiger partial charge on any atom is -0.481 e. The number of allylic oxidation sites excluding steroid dienone is 3. The lowest BCUT2D eigenvalue weighted by Gasteiger charge is -2.02. The van der Waals surface area contributed by atoms with Gasteiger partial charge in [0.2, 0.25) is 0 Å². The maximum atomic E-state index is 9.64. The number of carbonyl (C=O) groups is 2. The molecule has 0 bridgehead atoms. The van der Waals surface area contributed by atoms with Crippen LogP contribution in [0.1, 0.15) is 174 Å². The Labute approximate surface area is 242 Å². The molecule has 0 rings (SSSR count). The number of hydrogen-bond donors (Lipinski definition) is 3. The molecule has 0 aromatic rings. The van der Waals surface area contributed by atoms with Gasteiger partial charge in [0, 0.05) is 6.54 Å². The summed E-state index contributed by atoms with van der Waals surface area (Å²) in [4.78, 5) is 19.3. The fraction of sp³-hybridized carbons (Fsp3) is 0.824. The van der Waals surface area contributed by atoms with Crippen LogP contribution in [0.15, 0.2) is 24.4 Å². The topological polar surface area (TPSA) is 86.6 Å². The van der Waals surface area contributed by atoms with Crippen LogP contribution in [0.2, 0.25) is 0 Å². The lowest BCUT2D eigenvalue weighted by atomic mass is 10.1. The van der Waals surface area contributed by atoms with Gasteiger partial charge in [-0.3, -0.25) is 9.59 Å². The van der Waals surface area contributed by atoms with Crippen molar-refractivity contribution >= 4 is 11.9 Å². The van der Waals surface area contributed by atoms with E-state index in [1.54, 1.807) is 0 Å².